The van der Waals surface area contributed by atoms with E-state index in [2.05, 4.69) is 83.2 Å². The number of rotatable bonds is 4. The third-order valence-electron chi connectivity index (χ3n) is 3.09. The minimum Gasteiger partial charge on any atom is -0.342 e. The Morgan fingerprint density at radius 3 is 2.22 bits per heavy atom. The maximum absolute atomic E-state index is 3.53. The Morgan fingerprint density at radius 1 is 0.944 bits per heavy atom. The van der Waals surface area contributed by atoms with Gasteiger partial charge in [0.1, 0.15) is 0 Å². The Kier molecular flexibility index (Phi) is 4.43. The first kappa shape index (κ1) is 13.2. The van der Waals surface area contributed by atoms with Crippen molar-refractivity contribution in [2.24, 2.45) is 0 Å². The smallest absolute Gasteiger partial charge is 0.0421 e. The van der Waals surface area contributed by atoms with Gasteiger partial charge in [0.2, 0.25) is 0 Å². The molecule has 0 saturated carbocycles. The first-order chi connectivity index (χ1) is 8.74. The third kappa shape index (κ3) is 2.94. The molecule has 0 spiro atoms. The van der Waals surface area contributed by atoms with Crippen LogP contribution in [0.15, 0.2) is 53.0 Å². The van der Waals surface area contributed by atoms with Gasteiger partial charge >= 0.3 is 0 Å². The number of hydrogen-bond donors (Lipinski definition) is 0. The molecule has 1 nitrogen and oxygen atoms in total. The molecule has 0 aliphatic carbocycles. The molecule has 94 valence electrons. The van der Waals surface area contributed by atoms with Crippen molar-refractivity contribution in [3.05, 3.63) is 58.6 Å². The lowest BCUT2D eigenvalue weighted by Crippen LogP contribution is -2.15. The zero-order valence-electron chi connectivity index (χ0n) is 10.9. The van der Waals surface area contributed by atoms with Crippen molar-refractivity contribution in [2.45, 2.75) is 20.3 Å². The highest BCUT2D eigenvalue weighted by molar-refractivity contribution is 9.10. The van der Waals surface area contributed by atoms with E-state index < -0.39 is 0 Å². The summed E-state index contributed by atoms with van der Waals surface area (Å²) in [6.45, 7) is 5.32. The number of hydrogen-bond acceptors (Lipinski definition) is 1. The summed E-state index contributed by atoms with van der Waals surface area (Å²) in [5.41, 5.74) is 3.84. The van der Waals surface area contributed by atoms with Crippen LogP contribution in [-0.4, -0.2) is 6.54 Å². The standard InChI is InChI=1S/C16H18BrN/c1-3-13-8-10-15(11-9-13)18(4-2)16-7-5-6-14(17)12-16/h5-12H,3-4H2,1-2H3. The molecule has 18 heavy (non-hydrogen) atoms. The van der Waals surface area contributed by atoms with Gasteiger partial charge in [-0.3, -0.25) is 0 Å². The van der Waals surface area contributed by atoms with Gasteiger partial charge in [0.05, 0.1) is 0 Å². The lowest BCUT2D eigenvalue weighted by atomic mass is 10.1. The fourth-order valence-corrected chi connectivity index (χ4v) is 2.46. The topological polar surface area (TPSA) is 3.24 Å². The first-order valence-corrected chi connectivity index (χ1v) is 7.16. The SMILES string of the molecule is CCc1ccc(N(CC)c2cccc(Br)c2)cc1. The Balaban J connectivity index is 2.32. The van der Waals surface area contributed by atoms with Gasteiger partial charge < -0.3 is 4.90 Å². The van der Waals surface area contributed by atoms with Crippen molar-refractivity contribution < 1.29 is 0 Å². The predicted octanol–water partition coefficient (Wildman–Crippen LogP) is 5.17. The summed E-state index contributed by atoms with van der Waals surface area (Å²) in [6.07, 6.45) is 1.09. The fraction of sp³-hybridized carbons (Fsp3) is 0.250. The van der Waals surface area contributed by atoms with Crippen LogP contribution in [0.3, 0.4) is 0 Å². The average Bonchev–Trinajstić information content (AvgIpc) is 2.40. The number of benzene rings is 2. The summed E-state index contributed by atoms with van der Waals surface area (Å²) in [4.78, 5) is 2.31. The number of aryl methyl sites for hydroxylation is 1. The van der Waals surface area contributed by atoms with Crippen LogP contribution in [0.2, 0.25) is 0 Å². The molecule has 0 aliphatic heterocycles. The van der Waals surface area contributed by atoms with Crippen LogP contribution in [0, 0.1) is 0 Å². The summed E-state index contributed by atoms with van der Waals surface area (Å²) >= 11 is 3.53. The van der Waals surface area contributed by atoms with E-state index in [1.54, 1.807) is 0 Å². The number of anilines is 2. The lowest BCUT2D eigenvalue weighted by molar-refractivity contribution is 1.02. The fourth-order valence-electron chi connectivity index (χ4n) is 2.07. The largest absolute Gasteiger partial charge is 0.342 e. The first-order valence-electron chi connectivity index (χ1n) is 6.36. The maximum atomic E-state index is 3.53. The molecule has 0 atom stereocenters. The summed E-state index contributed by atoms with van der Waals surface area (Å²) < 4.78 is 1.11. The Labute approximate surface area is 118 Å². The highest BCUT2D eigenvalue weighted by Crippen LogP contribution is 2.27. The van der Waals surface area contributed by atoms with E-state index in [4.69, 9.17) is 0 Å². The van der Waals surface area contributed by atoms with Crippen molar-refractivity contribution in [3.63, 3.8) is 0 Å². The molecular formula is C16H18BrN. The summed E-state index contributed by atoms with van der Waals surface area (Å²) in [6, 6.07) is 17.2. The van der Waals surface area contributed by atoms with E-state index in [1.807, 2.05) is 0 Å². The zero-order valence-corrected chi connectivity index (χ0v) is 12.4. The minimum atomic E-state index is 0.960. The molecule has 0 fully saturated rings. The molecule has 0 unspecified atom stereocenters. The van der Waals surface area contributed by atoms with Gasteiger partial charge in [-0.1, -0.05) is 41.1 Å². The van der Waals surface area contributed by atoms with Crippen LogP contribution in [0.1, 0.15) is 19.4 Å². The molecule has 0 amide bonds. The van der Waals surface area contributed by atoms with E-state index in [9.17, 15) is 0 Å². The van der Waals surface area contributed by atoms with Crippen molar-refractivity contribution >= 4 is 27.3 Å². The molecule has 0 radical (unpaired) electrons. The molecule has 2 heteroatoms. The quantitative estimate of drug-likeness (QED) is 0.753. The second kappa shape index (κ2) is 6.05. The number of halogens is 1. The van der Waals surface area contributed by atoms with Crippen molar-refractivity contribution in [2.75, 3.05) is 11.4 Å². The van der Waals surface area contributed by atoms with Gasteiger partial charge in [-0.15, -0.1) is 0 Å². The zero-order chi connectivity index (χ0) is 13.0. The van der Waals surface area contributed by atoms with E-state index in [0.717, 1.165) is 17.4 Å². The van der Waals surface area contributed by atoms with E-state index in [1.165, 1.54) is 16.9 Å². The highest BCUT2D eigenvalue weighted by atomic mass is 79.9. The van der Waals surface area contributed by atoms with Gasteiger partial charge in [0, 0.05) is 22.4 Å². The van der Waals surface area contributed by atoms with Crippen LogP contribution in [-0.2, 0) is 6.42 Å². The van der Waals surface area contributed by atoms with Crippen LogP contribution >= 0.6 is 15.9 Å². The molecule has 0 aliphatic rings. The maximum Gasteiger partial charge on any atom is 0.0421 e. The van der Waals surface area contributed by atoms with Gasteiger partial charge in [-0.05, 0) is 49.2 Å². The summed E-state index contributed by atoms with van der Waals surface area (Å²) in [5, 5.41) is 0. The van der Waals surface area contributed by atoms with Crippen LogP contribution in [0.25, 0.3) is 0 Å². The second-order valence-corrected chi connectivity index (χ2v) is 5.16. The van der Waals surface area contributed by atoms with Gasteiger partial charge in [0.15, 0.2) is 0 Å². The molecule has 0 heterocycles. The monoisotopic (exact) mass is 303 g/mol. The molecular weight excluding hydrogens is 286 g/mol. The lowest BCUT2D eigenvalue weighted by Gasteiger charge is -2.23. The van der Waals surface area contributed by atoms with Crippen LogP contribution in [0.5, 0.6) is 0 Å². The second-order valence-electron chi connectivity index (χ2n) is 4.24. The predicted molar refractivity (Wildman–Crippen MR) is 82.6 cm³/mol. The Morgan fingerprint density at radius 2 is 1.67 bits per heavy atom. The van der Waals surface area contributed by atoms with Gasteiger partial charge in [-0.2, -0.15) is 0 Å². The average molecular weight is 304 g/mol. The van der Waals surface area contributed by atoms with Gasteiger partial charge in [0.25, 0.3) is 0 Å². The number of nitrogens with zero attached hydrogens (tertiary/aromatic N) is 1. The van der Waals surface area contributed by atoms with E-state index in [0.29, 0.717) is 0 Å². The van der Waals surface area contributed by atoms with E-state index in [-0.39, 0.29) is 0 Å². The molecule has 0 saturated heterocycles. The normalized spacial score (nSPS) is 10.4. The van der Waals surface area contributed by atoms with Gasteiger partial charge in [-0.25, -0.2) is 0 Å². The Bertz CT molecular complexity index is 505. The molecule has 2 aromatic rings. The summed E-state index contributed by atoms with van der Waals surface area (Å²) in [5.74, 6) is 0. The van der Waals surface area contributed by atoms with Crippen molar-refractivity contribution in [1.29, 1.82) is 0 Å². The Hall–Kier alpha value is -1.28. The molecule has 0 N–H and O–H groups in total. The van der Waals surface area contributed by atoms with Crippen molar-refractivity contribution in [3.8, 4) is 0 Å². The van der Waals surface area contributed by atoms with E-state index >= 15 is 0 Å². The third-order valence-corrected chi connectivity index (χ3v) is 3.59. The molecule has 2 aromatic carbocycles. The minimum absolute atomic E-state index is 0.960. The van der Waals surface area contributed by atoms with Crippen LogP contribution in [0.4, 0.5) is 11.4 Å². The van der Waals surface area contributed by atoms with Crippen molar-refractivity contribution in [1.82, 2.24) is 0 Å². The molecule has 0 bridgehead atoms. The molecule has 2 rings (SSSR count). The van der Waals surface area contributed by atoms with Crippen LogP contribution < -0.4 is 4.90 Å². The summed E-state index contributed by atoms with van der Waals surface area (Å²) in [7, 11) is 0. The molecule has 0 aromatic heterocycles. The highest BCUT2D eigenvalue weighted by Gasteiger charge is 2.07.